The molecule has 18 heavy (non-hydrogen) atoms. The van der Waals surface area contributed by atoms with E-state index < -0.39 is 0 Å². The molecule has 2 nitrogen and oxygen atoms in total. The van der Waals surface area contributed by atoms with Gasteiger partial charge in [0.05, 0.1) is 11.1 Å². The van der Waals surface area contributed by atoms with Crippen LogP contribution in [0.5, 0.6) is 5.75 Å². The Morgan fingerprint density at radius 1 is 1.22 bits per heavy atom. The highest BCUT2D eigenvalue weighted by molar-refractivity contribution is 6.35. The van der Waals surface area contributed by atoms with E-state index in [0.717, 1.165) is 30.6 Å². The molecule has 0 amide bonds. The van der Waals surface area contributed by atoms with Crippen LogP contribution in [0.2, 0.25) is 10.0 Å². The molecule has 0 aromatic heterocycles. The predicted octanol–water partition coefficient (Wildman–Crippen LogP) is 4.45. The van der Waals surface area contributed by atoms with Crippen LogP contribution in [0.25, 0.3) is 0 Å². The molecule has 1 aromatic rings. The SMILES string of the molecule is CCC(N)Cc1cc(Cl)cc(Cl)c1OC(C)CC. The van der Waals surface area contributed by atoms with Gasteiger partial charge in [-0.1, -0.05) is 37.0 Å². The molecule has 0 bridgehead atoms. The molecule has 0 heterocycles. The highest BCUT2D eigenvalue weighted by Crippen LogP contribution is 2.34. The predicted molar refractivity (Wildman–Crippen MR) is 78.8 cm³/mol. The molecule has 0 radical (unpaired) electrons. The second kappa shape index (κ2) is 7.22. The van der Waals surface area contributed by atoms with E-state index in [1.54, 1.807) is 6.07 Å². The first kappa shape index (κ1) is 15.6. The van der Waals surface area contributed by atoms with Gasteiger partial charge in [0.15, 0.2) is 0 Å². The number of halogens is 2. The lowest BCUT2D eigenvalue weighted by molar-refractivity contribution is 0.215. The summed E-state index contributed by atoms with van der Waals surface area (Å²) < 4.78 is 5.88. The van der Waals surface area contributed by atoms with E-state index in [-0.39, 0.29) is 12.1 Å². The van der Waals surface area contributed by atoms with Gasteiger partial charge >= 0.3 is 0 Å². The van der Waals surface area contributed by atoms with Crippen LogP contribution in [0.3, 0.4) is 0 Å². The Morgan fingerprint density at radius 3 is 2.44 bits per heavy atom. The molecule has 2 atom stereocenters. The zero-order valence-electron chi connectivity index (χ0n) is 11.2. The van der Waals surface area contributed by atoms with Crippen LogP contribution in [-0.2, 0) is 6.42 Å². The maximum atomic E-state index is 6.21. The number of hydrogen-bond acceptors (Lipinski definition) is 2. The molecule has 0 aliphatic rings. The fourth-order valence-electron chi connectivity index (χ4n) is 1.61. The third-order valence-corrected chi connectivity index (χ3v) is 3.48. The number of benzene rings is 1. The average Bonchev–Trinajstić information content (AvgIpc) is 2.32. The molecular weight excluding hydrogens is 269 g/mol. The summed E-state index contributed by atoms with van der Waals surface area (Å²) in [5.74, 6) is 0.722. The van der Waals surface area contributed by atoms with Crippen molar-refractivity contribution in [3.63, 3.8) is 0 Å². The fraction of sp³-hybridized carbons (Fsp3) is 0.571. The van der Waals surface area contributed by atoms with Crippen LogP contribution < -0.4 is 10.5 Å². The van der Waals surface area contributed by atoms with Crippen molar-refractivity contribution < 1.29 is 4.74 Å². The lowest BCUT2D eigenvalue weighted by Gasteiger charge is -2.19. The monoisotopic (exact) mass is 289 g/mol. The third kappa shape index (κ3) is 4.34. The van der Waals surface area contributed by atoms with Crippen molar-refractivity contribution in [3.05, 3.63) is 27.7 Å². The van der Waals surface area contributed by atoms with Crippen molar-refractivity contribution in [1.82, 2.24) is 0 Å². The minimum absolute atomic E-state index is 0.0961. The molecule has 0 aliphatic heterocycles. The molecule has 0 spiro atoms. The first-order chi connectivity index (χ1) is 8.47. The van der Waals surface area contributed by atoms with Gasteiger partial charge in [-0.05, 0) is 43.9 Å². The second-order valence-electron chi connectivity index (χ2n) is 4.59. The van der Waals surface area contributed by atoms with Crippen molar-refractivity contribution in [3.8, 4) is 5.75 Å². The van der Waals surface area contributed by atoms with Crippen molar-refractivity contribution in [2.75, 3.05) is 0 Å². The van der Waals surface area contributed by atoms with E-state index in [9.17, 15) is 0 Å². The van der Waals surface area contributed by atoms with E-state index in [0.29, 0.717) is 10.0 Å². The molecule has 0 saturated carbocycles. The highest BCUT2D eigenvalue weighted by Gasteiger charge is 2.15. The second-order valence-corrected chi connectivity index (χ2v) is 5.43. The first-order valence-electron chi connectivity index (χ1n) is 6.38. The average molecular weight is 290 g/mol. The molecule has 0 aliphatic carbocycles. The normalized spacial score (nSPS) is 14.3. The van der Waals surface area contributed by atoms with Crippen molar-refractivity contribution in [1.29, 1.82) is 0 Å². The number of nitrogens with two attached hydrogens (primary N) is 1. The minimum Gasteiger partial charge on any atom is -0.489 e. The van der Waals surface area contributed by atoms with E-state index >= 15 is 0 Å². The Kier molecular flexibility index (Phi) is 6.27. The van der Waals surface area contributed by atoms with Gasteiger partial charge in [0.2, 0.25) is 0 Å². The van der Waals surface area contributed by atoms with Gasteiger partial charge in [-0.3, -0.25) is 0 Å². The smallest absolute Gasteiger partial charge is 0.141 e. The zero-order valence-corrected chi connectivity index (χ0v) is 12.7. The van der Waals surface area contributed by atoms with Crippen LogP contribution in [0.4, 0.5) is 0 Å². The van der Waals surface area contributed by atoms with Gasteiger partial charge in [-0.2, -0.15) is 0 Å². The largest absolute Gasteiger partial charge is 0.489 e. The zero-order chi connectivity index (χ0) is 13.7. The van der Waals surface area contributed by atoms with Gasteiger partial charge in [-0.15, -0.1) is 0 Å². The maximum absolute atomic E-state index is 6.21. The minimum atomic E-state index is 0.0961. The summed E-state index contributed by atoms with van der Waals surface area (Å²) in [6, 6.07) is 3.70. The summed E-state index contributed by atoms with van der Waals surface area (Å²) in [6.45, 7) is 6.16. The summed E-state index contributed by atoms with van der Waals surface area (Å²) in [4.78, 5) is 0. The van der Waals surface area contributed by atoms with E-state index in [2.05, 4.69) is 13.8 Å². The highest BCUT2D eigenvalue weighted by atomic mass is 35.5. The molecule has 1 aromatic carbocycles. The Labute approximate surface area is 119 Å². The van der Waals surface area contributed by atoms with Crippen LogP contribution >= 0.6 is 23.2 Å². The summed E-state index contributed by atoms with van der Waals surface area (Å²) in [6.07, 6.45) is 2.69. The molecule has 2 N–H and O–H groups in total. The Hall–Kier alpha value is -0.440. The van der Waals surface area contributed by atoms with E-state index in [1.807, 2.05) is 13.0 Å². The molecule has 0 saturated heterocycles. The Bertz CT molecular complexity index is 396. The number of rotatable bonds is 6. The van der Waals surface area contributed by atoms with Crippen LogP contribution in [0.1, 0.15) is 39.2 Å². The number of ether oxygens (including phenoxy) is 1. The molecule has 2 unspecified atom stereocenters. The summed E-state index contributed by atoms with van der Waals surface area (Å²) in [5, 5.41) is 1.18. The molecular formula is C14H21Cl2NO. The topological polar surface area (TPSA) is 35.2 Å². The summed E-state index contributed by atoms with van der Waals surface area (Å²) in [5.41, 5.74) is 6.98. The van der Waals surface area contributed by atoms with Crippen LogP contribution in [0, 0.1) is 0 Å². The first-order valence-corrected chi connectivity index (χ1v) is 7.13. The summed E-state index contributed by atoms with van der Waals surface area (Å²) in [7, 11) is 0. The van der Waals surface area contributed by atoms with E-state index in [4.69, 9.17) is 33.7 Å². The number of hydrogen-bond donors (Lipinski definition) is 1. The molecule has 4 heteroatoms. The standard InChI is InChI=1S/C14H21Cl2NO/c1-4-9(3)18-14-10(7-12(17)5-2)6-11(15)8-13(14)16/h6,8-9,12H,4-5,7,17H2,1-3H3. The quantitative estimate of drug-likeness (QED) is 0.840. The van der Waals surface area contributed by atoms with Crippen LogP contribution in [0.15, 0.2) is 12.1 Å². The fourth-order valence-corrected chi connectivity index (χ4v) is 2.19. The maximum Gasteiger partial charge on any atom is 0.141 e. The van der Waals surface area contributed by atoms with E-state index in [1.165, 1.54) is 0 Å². The third-order valence-electron chi connectivity index (χ3n) is 2.99. The Balaban J connectivity index is 3.04. The van der Waals surface area contributed by atoms with Crippen LogP contribution in [-0.4, -0.2) is 12.1 Å². The van der Waals surface area contributed by atoms with Crippen molar-refractivity contribution in [2.24, 2.45) is 5.73 Å². The van der Waals surface area contributed by atoms with Gasteiger partial charge in [0.1, 0.15) is 5.75 Å². The molecule has 0 fully saturated rings. The Morgan fingerprint density at radius 2 is 1.89 bits per heavy atom. The van der Waals surface area contributed by atoms with Gasteiger partial charge < -0.3 is 10.5 Å². The van der Waals surface area contributed by atoms with Crippen molar-refractivity contribution in [2.45, 2.75) is 52.2 Å². The van der Waals surface area contributed by atoms with Gasteiger partial charge in [0.25, 0.3) is 0 Å². The van der Waals surface area contributed by atoms with Gasteiger partial charge in [0, 0.05) is 11.1 Å². The summed E-state index contributed by atoms with van der Waals surface area (Å²) >= 11 is 12.3. The lowest BCUT2D eigenvalue weighted by Crippen LogP contribution is -2.22. The van der Waals surface area contributed by atoms with Crippen molar-refractivity contribution >= 4 is 23.2 Å². The molecule has 102 valence electrons. The lowest BCUT2D eigenvalue weighted by atomic mass is 10.0. The molecule has 1 rings (SSSR count). The van der Waals surface area contributed by atoms with Gasteiger partial charge in [-0.25, -0.2) is 0 Å².